The van der Waals surface area contributed by atoms with Crippen molar-refractivity contribution in [3.05, 3.63) is 29.6 Å². The number of nitrogens with two attached hydrogens (primary N) is 1. The van der Waals surface area contributed by atoms with Gasteiger partial charge in [0, 0.05) is 25.1 Å². The third-order valence-electron chi connectivity index (χ3n) is 3.45. The second-order valence-corrected chi connectivity index (χ2v) is 5.31. The molecular formula is C14H18ClFN4O. The molecule has 1 unspecified atom stereocenters. The molecule has 5 nitrogen and oxygen atoms in total. The number of benzene rings is 1. The first-order valence-corrected chi connectivity index (χ1v) is 6.98. The fourth-order valence-electron chi connectivity index (χ4n) is 2.44. The van der Waals surface area contributed by atoms with E-state index in [-0.39, 0.29) is 17.0 Å². The Balaban J connectivity index is 2.22. The van der Waals surface area contributed by atoms with Crippen LogP contribution in [0.1, 0.15) is 12.0 Å². The fraction of sp³-hybridized carbons (Fsp3) is 0.429. The van der Waals surface area contributed by atoms with Crippen LogP contribution in [0.5, 0.6) is 5.75 Å². The smallest absolute Gasteiger partial charge is 0.123 e. The Morgan fingerprint density at radius 1 is 1.62 bits per heavy atom. The predicted molar refractivity (Wildman–Crippen MR) is 81.8 cm³/mol. The second kappa shape index (κ2) is 6.87. The van der Waals surface area contributed by atoms with Crippen LogP contribution in [0.3, 0.4) is 0 Å². The van der Waals surface area contributed by atoms with Crippen LogP contribution in [-0.2, 0) is 6.54 Å². The Bertz CT molecular complexity index is 564. The molecule has 0 aromatic heterocycles. The van der Waals surface area contributed by atoms with Crippen LogP contribution in [0, 0.1) is 11.2 Å². The molecule has 0 bridgehead atoms. The van der Waals surface area contributed by atoms with Crippen LogP contribution in [0.25, 0.3) is 0 Å². The molecule has 21 heavy (non-hydrogen) atoms. The molecule has 0 radical (unpaired) electrons. The SMILES string of the molecule is COc1ccc(F)cc1CN1CCN=C(N)C1CC(=N)Cl. The van der Waals surface area contributed by atoms with E-state index in [2.05, 4.69) is 4.99 Å². The summed E-state index contributed by atoms with van der Waals surface area (Å²) in [6.07, 6.45) is 0.300. The van der Waals surface area contributed by atoms with Gasteiger partial charge in [0.1, 0.15) is 17.4 Å². The van der Waals surface area contributed by atoms with E-state index in [0.29, 0.717) is 37.6 Å². The van der Waals surface area contributed by atoms with E-state index in [1.165, 1.54) is 12.1 Å². The van der Waals surface area contributed by atoms with E-state index in [0.717, 1.165) is 5.56 Å². The quantitative estimate of drug-likeness (QED) is 0.816. The average molecular weight is 313 g/mol. The first-order valence-electron chi connectivity index (χ1n) is 6.60. The third-order valence-corrected chi connectivity index (χ3v) is 3.61. The zero-order valence-corrected chi connectivity index (χ0v) is 12.5. The Morgan fingerprint density at radius 2 is 2.38 bits per heavy atom. The molecule has 0 aliphatic carbocycles. The molecule has 0 fully saturated rings. The zero-order valence-electron chi connectivity index (χ0n) is 11.8. The first kappa shape index (κ1) is 15.7. The number of methoxy groups -OCH3 is 1. The molecule has 3 N–H and O–H groups in total. The molecule has 0 spiro atoms. The maximum Gasteiger partial charge on any atom is 0.123 e. The number of hydrogen-bond acceptors (Lipinski definition) is 5. The van der Waals surface area contributed by atoms with Crippen molar-refractivity contribution < 1.29 is 9.13 Å². The molecule has 114 valence electrons. The predicted octanol–water partition coefficient (Wildman–Crippen LogP) is 1.98. The molecule has 0 saturated heterocycles. The summed E-state index contributed by atoms with van der Waals surface area (Å²) in [5.41, 5.74) is 6.65. The minimum absolute atomic E-state index is 0.0243. The number of hydrogen-bond donors (Lipinski definition) is 2. The minimum atomic E-state index is -0.314. The van der Waals surface area contributed by atoms with Gasteiger partial charge in [-0.15, -0.1) is 0 Å². The van der Waals surface area contributed by atoms with Crippen LogP contribution in [0.4, 0.5) is 4.39 Å². The molecule has 0 amide bonds. The highest BCUT2D eigenvalue weighted by Gasteiger charge is 2.27. The molecule has 1 aromatic rings. The minimum Gasteiger partial charge on any atom is -0.496 e. The summed E-state index contributed by atoms with van der Waals surface area (Å²) in [6.45, 7) is 1.72. The fourth-order valence-corrected chi connectivity index (χ4v) is 2.58. The van der Waals surface area contributed by atoms with Crippen molar-refractivity contribution in [1.82, 2.24) is 4.90 Å². The number of rotatable bonds is 5. The Hall–Kier alpha value is -1.66. The number of amidine groups is 1. The van der Waals surface area contributed by atoms with Gasteiger partial charge in [-0.1, -0.05) is 11.6 Å². The van der Waals surface area contributed by atoms with Gasteiger partial charge in [-0.25, -0.2) is 4.39 Å². The maximum atomic E-state index is 13.4. The van der Waals surface area contributed by atoms with Gasteiger partial charge in [0.2, 0.25) is 0 Å². The van der Waals surface area contributed by atoms with E-state index >= 15 is 0 Å². The van der Waals surface area contributed by atoms with Crippen LogP contribution in [0.2, 0.25) is 0 Å². The monoisotopic (exact) mass is 312 g/mol. The Morgan fingerprint density at radius 3 is 3.05 bits per heavy atom. The average Bonchev–Trinajstić information content (AvgIpc) is 2.42. The summed E-state index contributed by atoms with van der Waals surface area (Å²) in [7, 11) is 1.55. The van der Waals surface area contributed by atoms with E-state index in [9.17, 15) is 4.39 Å². The largest absolute Gasteiger partial charge is 0.496 e. The van der Waals surface area contributed by atoms with Crippen molar-refractivity contribution in [2.24, 2.45) is 10.7 Å². The normalized spacial score (nSPS) is 19.2. The van der Waals surface area contributed by atoms with E-state index in [1.807, 2.05) is 4.90 Å². The topological polar surface area (TPSA) is 74.7 Å². The maximum absolute atomic E-state index is 13.4. The Labute approximate surface area is 128 Å². The van der Waals surface area contributed by atoms with Crippen molar-refractivity contribution in [2.75, 3.05) is 20.2 Å². The standard InChI is InChI=1S/C14H18ClFN4O/c1-21-12-3-2-10(16)6-9(12)8-20-5-4-19-14(18)11(20)7-13(15)17/h2-3,6,11,17H,4-5,7-8H2,1H3,(H2,18,19). The van der Waals surface area contributed by atoms with E-state index in [1.54, 1.807) is 13.2 Å². The lowest BCUT2D eigenvalue weighted by molar-refractivity contribution is 0.228. The van der Waals surface area contributed by atoms with Crippen LogP contribution >= 0.6 is 11.6 Å². The highest BCUT2D eigenvalue weighted by atomic mass is 35.5. The lowest BCUT2D eigenvalue weighted by atomic mass is 10.1. The van der Waals surface area contributed by atoms with Gasteiger partial charge in [0.25, 0.3) is 0 Å². The van der Waals surface area contributed by atoms with Crippen LogP contribution < -0.4 is 10.5 Å². The van der Waals surface area contributed by atoms with Crippen LogP contribution in [-0.4, -0.2) is 42.1 Å². The molecule has 0 saturated carbocycles. The molecule has 1 aliphatic rings. The molecule has 1 atom stereocenters. The number of nitrogens with zero attached hydrogens (tertiary/aromatic N) is 2. The highest BCUT2D eigenvalue weighted by molar-refractivity contribution is 6.64. The zero-order chi connectivity index (χ0) is 15.4. The van der Waals surface area contributed by atoms with Gasteiger partial charge in [-0.2, -0.15) is 0 Å². The summed E-state index contributed by atoms with van der Waals surface area (Å²) < 4.78 is 18.7. The van der Waals surface area contributed by atoms with Gasteiger partial charge in [0.15, 0.2) is 0 Å². The van der Waals surface area contributed by atoms with Crippen molar-refractivity contribution in [3.63, 3.8) is 0 Å². The molecule has 1 heterocycles. The second-order valence-electron chi connectivity index (χ2n) is 4.86. The first-order chi connectivity index (χ1) is 10.0. The van der Waals surface area contributed by atoms with Gasteiger partial charge in [-0.05, 0) is 18.2 Å². The van der Waals surface area contributed by atoms with Crippen molar-refractivity contribution >= 4 is 22.6 Å². The summed E-state index contributed by atoms with van der Waals surface area (Å²) in [4.78, 5) is 6.25. The lowest BCUT2D eigenvalue weighted by Crippen LogP contribution is -2.49. The van der Waals surface area contributed by atoms with Gasteiger partial charge in [0.05, 0.1) is 24.9 Å². The summed E-state index contributed by atoms with van der Waals surface area (Å²) >= 11 is 5.69. The van der Waals surface area contributed by atoms with Crippen molar-refractivity contribution in [2.45, 2.75) is 19.0 Å². The van der Waals surface area contributed by atoms with Crippen molar-refractivity contribution in [1.29, 1.82) is 5.41 Å². The Kier molecular flexibility index (Phi) is 5.14. The summed E-state index contributed by atoms with van der Waals surface area (Å²) in [5.74, 6) is 0.769. The summed E-state index contributed by atoms with van der Waals surface area (Å²) in [5, 5.41) is 7.47. The number of ether oxygens (including phenoxy) is 1. The number of nitrogens with one attached hydrogen (secondary N) is 1. The van der Waals surface area contributed by atoms with Gasteiger partial charge < -0.3 is 10.5 Å². The van der Waals surface area contributed by atoms with E-state index < -0.39 is 0 Å². The van der Waals surface area contributed by atoms with E-state index in [4.69, 9.17) is 27.5 Å². The molecule has 1 aromatic carbocycles. The molecular weight excluding hydrogens is 295 g/mol. The highest BCUT2D eigenvalue weighted by Crippen LogP contribution is 2.23. The van der Waals surface area contributed by atoms with Gasteiger partial charge in [-0.3, -0.25) is 15.3 Å². The molecule has 7 heteroatoms. The number of aliphatic imine (C=N–C) groups is 1. The third kappa shape index (κ3) is 3.92. The lowest BCUT2D eigenvalue weighted by Gasteiger charge is -2.34. The van der Waals surface area contributed by atoms with Gasteiger partial charge >= 0.3 is 0 Å². The number of halogens is 2. The van der Waals surface area contributed by atoms with Crippen molar-refractivity contribution in [3.8, 4) is 5.75 Å². The summed E-state index contributed by atoms with van der Waals surface area (Å²) in [6, 6.07) is 4.17. The molecule has 2 rings (SSSR count). The van der Waals surface area contributed by atoms with Crippen LogP contribution in [0.15, 0.2) is 23.2 Å². The molecule has 1 aliphatic heterocycles.